The first-order chi connectivity index (χ1) is 7.72. The number of nitrogens with one attached hydrogen (secondary N) is 1. The van der Waals surface area contributed by atoms with E-state index in [4.69, 9.17) is 28.6 Å². The highest BCUT2D eigenvalue weighted by atomic mass is 35.5. The lowest BCUT2D eigenvalue weighted by atomic mass is 10.3. The van der Waals surface area contributed by atoms with Crippen LogP contribution in [0.5, 0.6) is 0 Å². The lowest BCUT2D eigenvalue weighted by Crippen LogP contribution is -2.02. The molecule has 1 N–H and O–H groups in total. The molecule has 0 bridgehead atoms. The molecule has 0 fully saturated rings. The number of aromatic nitrogens is 3. The van der Waals surface area contributed by atoms with Crippen molar-refractivity contribution in [2.24, 2.45) is 0 Å². The van der Waals surface area contributed by atoms with Crippen molar-refractivity contribution in [2.45, 2.75) is 6.61 Å². The molecule has 0 aliphatic rings. The summed E-state index contributed by atoms with van der Waals surface area (Å²) >= 11 is 11.0. The molecule has 0 aliphatic heterocycles. The summed E-state index contributed by atoms with van der Waals surface area (Å²) in [5.41, 5.74) is 0.912. The van der Waals surface area contributed by atoms with Gasteiger partial charge in [-0.05, 0) is 36.5 Å². The number of methoxy groups -OCH3 is 1. The number of hydrogen-bond donors (Lipinski definition) is 1. The maximum absolute atomic E-state index is 5.83. The Labute approximate surface area is 103 Å². The zero-order chi connectivity index (χ0) is 11.5. The topological polar surface area (TPSA) is 42.8 Å². The van der Waals surface area contributed by atoms with Crippen molar-refractivity contribution in [3.8, 4) is 5.69 Å². The van der Waals surface area contributed by atoms with E-state index in [0.717, 1.165) is 11.5 Å². The molecule has 0 spiro atoms. The standard InChI is InChI=1S/C10H10ClN3OS/c1-15-6-9-12-13-10(16)14(9)8-4-2-7(11)3-5-8/h2-5H,6H2,1H3,(H,13,16). The molecule has 0 saturated heterocycles. The fraction of sp³-hybridized carbons (Fsp3) is 0.200. The van der Waals surface area contributed by atoms with Gasteiger partial charge in [-0.15, -0.1) is 0 Å². The first kappa shape index (κ1) is 11.3. The summed E-state index contributed by atoms with van der Waals surface area (Å²) < 4.78 is 7.40. The maximum atomic E-state index is 5.83. The van der Waals surface area contributed by atoms with Crippen LogP contribution in [0.25, 0.3) is 5.69 Å². The van der Waals surface area contributed by atoms with E-state index in [1.54, 1.807) is 7.11 Å². The molecule has 0 radical (unpaired) electrons. The van der Waals surface area contributed by atoms with Gasteiger partial charge in [0.25, 0.3) is 0 Å². The Morgan fingerprint density at radius 1 is 1.44 bits per heavy atom. The second-order valence-corrected chi connectivity index (χ2v) is 4.01. The summed E-state index contributed by atoms with van der Waals surface area (Å²) in [6.07, 6.45) is 0. The molecule has 0 unspecified atom stereocenters. The third kappa shape index (κ3) is 2.16. The van der Waals surface area contributed by atoms with Crippen molar-refractivity contribution in [3.63, 3.8) is 0 Å². The van der Waals surface area contributed by atoms with E-state index in [9.17, 15) is 0 Å². The van der Waals surface area contributed by atoms with Crippen LogP contribution in [0.2, 0.25) is 5.02 Å². The molecule has 2 rings (SSSR count). The van der Waals surface area contributed by atoms with Crippen LogP contribution in [0.1, 0.15) is 5.82 Å². The highest BCUT2D eigenvalue weighted by Crippen LogP contribution is 2.15. The van der Waals surface area contributed by atoms with Gasteiger partial charge < -0.3 is 4.74 Å². The number of aromatic amines is 1. The Bertz CT molecular complexity index is 532. The van der Waals surface area contributed by atoms with Gasteiger partial charge in [0.15, 0.2) is 10.6 Å². The molecule has 0 saturated carbocycles. The van der Waals surface area contributed by atoms with Gasteiger partial charge in [-0.1, -0.05) is 11.6 Å². The van der Waals surface area contributed by atoms with Crippen molar-refractivity contribution in [1.29, 1.82) is 0 Å². The van der Waals surface area contributed by atoms with Crippen LogP contribution < -0.4 is 0 Å². The zero-order valence-electron chi connectivity index (χ0n) is 8.61. The van der Waals surface area contributed by atoms with Crippen LogP contribution in [-0.2, 0) is 11.3 Å². The highest BCUT2D eigenvalue weighted by molar-refractivity contribution is 7.71. The smallest absolute Gasteiger partial charge is 0.199 e. The Balaban J connectivity index is 2.50. The molecule has 0 amide bonds. The molecule has 0 atom stereocenters. The van der Waals surface area contributed by atoms with Crippen LogP contribution in [0.15, 0.2) is 24.3 Å². The molecule has 1 aromatic carbocycles. The lowest BCUT2D eigenvalue weighted by molar-refractivity contribution is 0.176. The van der Waals surface area contributed by atoms with Gasteiger partial charge in [-0.3, -0.25) is 9.67 Å². The van der Waals surface area contributed by atoms with E-state index in [0.29, 0.717) is 16.4 Å². The summed E-state index contributed by atoms with van der Waals surface area (Å²) in [5, 5.41) is 7.52. The number of hydrogen-bond acceptors (Lipinski definition) is 3. The number of ether oxygens (including phenoxy) is 1. The summed E-state index contributed by atoms with van der Waals surface area (Å²) in [4.78, 5) is 0. The summed E-state index contributed by atoms with van der Waals surface area (Å²) in [6.45, 7) is 0.399. The molecule has 1 aromatic heterocycles. The number of halogens is 1. The average Bonchev–Trinajstić information content (AvgIpc) is 2.62. The van der Waals surface area contributed by atoms with Crippen LogP contribution in [0, 0.1) is 4.77 Å². The van der Waals surface area contributed by atoms with Gasteiger partial charge in [-0.25, -0.2) is 0 Å². The highest BCUT2D eigenvalue weighted by Gasteiger charge is 2.07. The SMILES string of the molecule is COCc1n[nH]c(=S)n1-c1ccc(Cl)cc1. The Kier molecular flexibility index (Phi) is 3.38. The molecule has 16 heavy (non-hydrogen) atoms. The normalized spacial score (nSPS) is 10.6. The Hall–Kier alpha value is -1.17. The summed E-state index contributed by atoms with van der Waals surface area (Å²) in [7, 11) is 1.62. The van der Waals surface area contributed by atoms with Crippen molar-refractivity contribution in [2.75, 3.05) is 7.11 Å². The van der Waals surface area contributed by atoms with Crippen molar-refractivity contribution in [1.82, 2.24) is 14.8 Å². The second kappa shape index (κ2) is 4.78. The van der Waals surface area contributed by atoms with Gasteiger partial charge >= 0.3 is 0 Å². The monoisotopic (exact) mass is 255 g/mol. The van der Waals surface area contributed by atoms with Crippen molar-refractivity contribution < 1.29 is 4.74 Å². The number of nitrogens with zero attached hydrogens (tertiary/aromatic N) is 2. The van der Waals surface area contributed by atoms with E-state index >= 15 is 0 Å². The van der Waals surface area contributed by atoms with Crippen molar-refractivity contribution >= 4 is 23.8 Å². The van der Waals surface area contributed by atoms with Gasteiger partial charge in [0, 0.05) is 17.8 Å². The molecular weight excluding hydrogens is 246 g/mol. The van der Waals surface area contributed by atoms with Crippen LogP contribution in [0.3, 0.4) is 0 Å². The minimum absolute atomic E-state index is 0.399. The second-order valence-electron chi connectivity index (χ2n) is 3.19. The molecule has 1 heterocycles. The van der Waals surface area contributed by atoms with Crippen LogP contribution >= 0.6 is 23.8 Å². The van der Waals surface area contributed by atoms with Gasteiger partial charge in [0.1, 0.15) is 6.61 Å². The lowest BCUT2D eigenvalue weighted by Gasteiger charge is -2.05. The minimum atomic E-state index is 0.399. The fourth-order valence-corrected chi connectivity index (χ4v) is 1.79. The zero-order valence-corrected chi connectivity index (χ0v) is 10.2. The summed E-state index contributed by atoms with van der Waals surface area (Å²) in [5.74, 6) is 0.731. The summed E-state index contributed by atoms with van der Waals surface area (Å²) in [6, 6.07) is 7.38. The van der Waals surface area contributed by atoms with Gasteiger partial charge in [-0.2, -0.15) is 5.10 Å². The quantitative estimate of drug-likeness (QED) is 0.858. The third-order valence-corrected chi connectivity index (χ3v) is 2.63. The molecular formula is C10H10ClN3OS. The van der Waals surface area contributed by atoms with Crippen molar-refractivity contribution in [3.05, 3.63) is 39.9 Å². The van der Waals surface area contributed by atoms with E-state index in [2.05, 4.69) is 10.2 Å². The maximum Gasteiger partial charge on any atom is 0.199 e. The molecule has 84 valence electrons. The first-order valence-electron chi connectivity index (χ1n) is 4.63. The number of H-pyrrole nitrogens is 1. The Morgan fingerprint density at radius 2 is 2.12 bits per heavy atom. The van der Waals surface area contributed by atoms with Gasteiger partial charge in [0.2, 0.25) is 0 Å². The first-order valence-corrected chi connectivity index (χ1v) is 5.42. The molecule has 2 aromatic rings. The van der Waals surface area contributed by atoms with Crippen LogP contribution in [0.4, 0.5) is 0 Å². The third-order valence-electron chi connectivity index (χ3n) is 2.10. The molecule has 6 heteroatoms. The fourth-order valence-electron chi connectivity index (χ4n) is 1.41. The largest absolute Gasteiger partial charge is 0.377 e. The van der Waals surface area contributed by atoms with Crippen LogP contribution in [-0.4, -0.2) is 21.9 Å². The number of rotatable bonds is 3. The average molecular weight is 256 g/mol. The van der Waals surface area contributed by atoms with E-state index in [1.807, 2.05) is 28.8 Å². The van der Waals surface area contributed by atoms with Gasteiger partial charge in [0.05, 0.1) is 0 Å². The number of benzene rings is 1. The Morgan fingerprint density at radius 3 is 2.75 bits per heavy atom. The van der Waals surface area contributed by atoms with E-state index in [1.165, 1.54) is 0 Å². The predicted octanol–water partition coefficient (Wildman–Crippen LogP) is 2.73. The molecule has 0 aliphatic carbocycles. The predicted molar refractivity (Wildman–Crippen MR) is 64.5 cm³/mol. The minimum Gasteiger partial charge on any atom is -0.377 e. The van der Waals surface area contributed by atoms with E-state index in [-0.39, 0.29) is 0 Å². The molecule has 4 nitrogen and oxygen atoms in total. The van der Waals surface area contributed by atoms with E-state index < -0.39 is 0 Å².